The first-order valence-electron chi connectivity index (χ1n) is 6.87. The van der Waals surface area contributed by atoms with Crippen LogP contribution in [0.1, 0.15) is 39.4 Å². The van der Waals surface area contributed by atoms with Gasteiger partial charge in [0.1, 0.15) is 13.1 Å². The van der Waals surface area contributed by atoms with Crippen LogP contribution < -0.4 is 5.32 Å². The van der Waals surface area contributed by atoms with Gasteiger partial charge in [0.2, 0.25) is 11.8 Å². The molecule has 20 heavy (non-hydrogen) atoms. The second-order valence-corrected chi connectivity index (χ2v) is 6.39. The number of piperazine rings is 1. The normalized spacial score (nSPS) is 19.3. The average molecular weight is 292 g/mol. The number of hydrogen-bond donors (Lipinski definition) is 1. The first kappa shape index (κ1) is 13.3. The lowest BCUT2D eigenvalue weighted by molar-refractivity contribution is -0.135. The molecule has 106 valence electrons. The number of rotatable bonds is 1. The maximum absolute atomic E-state index is 12.4. The van der Waals surface area contributed by atoms with Crippen LogP contribution in [0.3, 0.4) is 0 Å². The van der Waals surface area contributed by atoms with E-state index in [0.717, 1.165) is 12.8 Å². The number of carbonyl (C=O) groups excluding carboxylic acids is 3. The number of hydrogen-bond acceptors (Lipinski definition) is 4. The highest BCUT2D eigenvalue weighted by Crippen LogP contribution is 2.29. The van der Waals surface area contributed by atoms with Crippen molar-refractivity contribution in [3.63, 3.8) is 0 Å². The summed E-state index contributed by atoms with van der Waals surface area (Å²) >= 11 is 1.52. The fourth-order valence-corrected chi connectivity index (χ4v) is 3.93. The van der Waals surface area contributed by atoms with Crippen molar-refractivity contribution in [1.82, 2.24) is 10.2 Å². The summed E-state index contributed by atoms with van der Waals surface area (Å²) in [7, 11) is 0. The van der Waals surface area contributed by atoms with Gasteiger partial charge in [0.25, 0.3) is 5.91 Å². The number of fused-ring (bicyclic) bond motifs is 1. The molecule has 2 aliphatic rings. The summed E-state index contributed by atoms with van der Waals surface area (Å²) in [5.41, 5.74) is 1.27. The lowest BCUT2D eigenvalue weighted by Gasteiger charge is -2.24. The second-order valence-electron chi connectivity index (χ2n) is 5.25. The average Bonchev–Trinajstić information content (AvgIpc) is 2.68. The van der Waals surface area contributed by atoms with Crippen molar-refractivity contribution >= 4 is 29.1 Å². The number of aryl methyl sites for hydroxylation is 2. The maximum atomic E-state index is 12.4. The molecule has 0 aromatic carbocycles. The molecule has 1 N–H and O–H groups in total. The van der Waals surface area contributed by atoms with Crippen LogP contribution >= 0.6 is 11.3 Å². The van der Waals surface area contributed by atoms with Crippen molar-refractivity contribution in [3.05, 3.63) is 21.4 Å². The summed E-state index contributed by atoms with van der Waals surface area (Å²) in [6.07, 6.45) is 5.64. The summed E-state index contributed by atoms with van der Waals surface area (Å²) < 4.78 is 0. The van der Waals surface area contributed by atoms with Gasteiger partial charge >= 0.3 is 0 Å². The van der Waals surface area contributed by atoms with Crippen LogP contribution in [0.5, 0.6) is 0 Å². The van der Waals surface area contributed by atoms with Gasteiger partial charge in [-0.15, -0.1) is 11.3 Å². The largest absolute Gasteiger partial charge is 0.319 e. The van der Waals surface area contributed by atoms with Gasteiger partial charge in [-0.25, -0.2) is 0 Å². The summed E-state index contributed by atoms with van der Waals surface area (Å²) in [4.78, 5) is 38.3. The van der Waals surface area contributed by atoms with E-state index in [4.69, 9.17) is 0 Å². The predicted molar refractivity (Wildman–Crippen MR) is 74.6 cm³/mol. The van der Waals surface area contributed by atoms with E-state index in [0.29, 0.717) is 4.88 Å². The third-order valence-electron chi connectivity index (χ3n) is 3.69. The molecular weight excluding hydrogens is 276 g/mol. The Hall–Kier alpha value is -1.69. The van der Waals surface area contributed by atoms with E-state index in [9.17, 15) is 14.4 Å². The highest BCUT2D eigenvalue weighted by atomic mass is 32.1. The fourth-order valence-electron chi connectivity index (χ4n) is 2.71. The monoisotopic (exact) mass is 292 g/mol. The van der Waals surface area contributed by atoms with Crippen molar-refractivity contribution < 1.29 is 14.4 Å². The second kappa shape index (κ2) is 5.36. The first-order valence-corrected chi connectivity index (χ1v) is 7.68. The van der Waals surface area contributed by atoms with E-state index in [-0.39, 0.29) is 19.0 Å². The minimum atomic E-state index is -0.410. The molecule has 0 spiro atoms. The van der Waals surface area contributed by atoms with Gasteiger partial charge in [-0.1, -0.05) is 6.42 Å². The quantitative estimate of drug-likeness (QED) is 0.623. The fraction of sp³-hybridized carbons (Fsp3) is 0.500. The Kier molecular flexibility index (Phi) is 3.56. The Balaban J connectivity index is 1.80. The van der Waals surface area contributed by atoms with Crippen LogP contribution in [0.2, 0.25) is 0 Å². The van der Waals surface area contributed by atoms with E-state index in [1.165, 1.54) is 45.9 Å². The molecule has 0 atom stereocenters. The molecule has 1 aromatic heterocycles. The van der Waals surface area contributed by atoms with Crippen molar-refractivity contribution in [2.24, 2.45) is 0 Å². The highest BCUT2D eigenvalue weighted by molar-refractivity contribution is 7.14. The summed E-state index contributed by atoms with van der Waals surface area (Å²) in [6, 6.07) is 1.95. The first-order chi connectivity index (χ1) is 9.63. The lowest BCUT2D eigenvalue weighted by atomic mass is 10.1. The van der Waals surface area contributed by atoms with Crippen molar-refractivity contribution in [2.45, 2.75) is 32.1 Å². The molecule has 3 rings (SSSR count). The maximum Gasteiger partial charge on any atom is 0.264 e. The Morgan fingerprint density at radius 1 is 1.10 bits per heavy atom. The molecule has 0 unspecified atom stereocenters. The van der Waals surface area contributed by atoms with Gasteiger partial charge in [-0.05, 0) is 37.3 Å². The Morgan fingerprint density at radius 3 is 2.55 bits per heavy atom. The Labute approximate surface area is 121 Å². The highest BCUT2D eigenvalue weighted by Gasteiger charge is 2.28. The molecule has 1 aliphatic carbocycles. The topological polar surface area (TPSA) is 66.5 Å². The zero-order valence-electron chi connectivity index (χ0n) is 11.1. The van der Waals surface area contributed by atoms with Crippen LogP contribution in [0.15, 0.2) is 6.07 Å². The minimum Gasteiger partial charge on any atom is -0.319 e. The van der Waals surface area contributed by atoms with Gasteiger partial charge in [0.15, 0.2) is 0 Å². The van der Waals surface area contributed by atoms with E-state index in [1.54, 1.807) is 0 Å². The molecule has 5 nitrogen and oxygen atoms in total. The van der Waals surface area contributed by atoms with Crippen LogP contribution in [0.4, 0.5) is 0 Å². The molecule has 1 fully saturated rings. The van der Waals surface area contributed by atoms with E-state index < -0.39 is 11.8 Å². The van der Waals surface area contributed by atoms with Crippen molar-refractivity contribution in [1.29, 1.82) is 0 Å². The molecule has 3 amide bonds. The van der Waals surface area contributed by atoms with E-state index in [1.807, 2.05) is 6.07 Å². The summed E-state index contributed by atoms with van der Waals surface area (Å²) in [5.74, 6) is -1.02. The Bertz CT molecular complexity index is 539. The molecule has 1 aromatic rings. The smallest absolute Gasteiger partial charge is 0.264 e. The number of nitrogens with one attached hydrogen (secondary N) is 1. The summed E-state index contributed by atoms with van der Waals surface area (Å²) in [6.45, 7) is -0.0692. The summed E-state index contributed by atoms with van der Waals surface area (Å²) in [5, 5.41) is 2.20. The number of thiophene rings is 1. The van der Waals surface area contributed by atoms with Gasteiger partial charge < -0.3 is 4.90 Å². The number of carbonyl (C=O) groups is 3. The molecule has 1 saturated heterocycles. The van der Waals surface area contributed by atoms with Crippen LogP contribution in [-0.4, -0.2) is 35.7 Å². The third kappa shape index (κ3) is 2.60. The van der Waals surface area contributed by atoms with Crippen LogP contribution in [0.25, 0.3) is 0 Å². The molecule has 0 bridgehead atoms. The van der Waals surface area contributed by atoms with Crippen LogP contribution in [0, 0.1) is 0 Å². The zero-order valence-corrected chi connectivity index (χ0v) is 11.9. The molecular formula is C14H16N2O3S. The van der Waals surface area contributed by atoms with Gasteiger partial charge in [0, 0.05) is 4.88 Å². The van der Waals surface area contributed by atoms with E-state index in [2.05, 4.69) is 5.32 Å². The standard InChI is InChI=1S/C14H16N2O3S/c17-12-7-16(8-13(18)15-12)14(19)11-6-9-4-2-1-3-5-10(9)20-11/h6H,1-5,7-8H2,(H,15,17,18). The minimum absolute atomic E-state index is 0.0346. The SMILES string of the molecule is O=C1CN(C(=O)c2cc3c(s2)CCCCC3)CC(=O)N1. The molecule has 6 heteroatoms. The van der Waals surface area contributed by atoms with Gasteiger partial charge in [-0.3, -0.25) is 19.7 Å². The van der Waals surface area contributed by atoms with Crippen LogP contribution in [-0.2, 0) is 22.4 Å². The molecule has 0 saturated carbocycles. The zero-order chi connectivity index (χ0) is 14.1. The lowest BCUT2D eigenvalue weighted by Crippen LogP contribution is -2.53. The Morgan fingerprint density at radius 2 is 1.80 bits per heavy atom. The predicted octanol–water partition coefficient (Wildman–Crippen LogP) is 1.12. The molecule has 2 heterocycles. The van der Waals surface area contributed by atoms with Gasteiger partial charge in [-0.2, -0.15) is 0 Å². The number of nitrogens with zero attached hydrogens (tertiary/aromatic N) is 1. The molecule has 0 radical (unpaired) electrons. The number of imide groups is 1. The number of amides is 3. The van der Waals surface area contributed by atoms with Crippen molar-refractivity contribution in [2.75, 3.05) is 13.1 Å². The molecule has 1 aliphatic heterocycles. The van der Waals surface area contributed by atoms with E-state index >= 15 is 0 Å². The third-order valence-corrected chi connectivity index (χ3v) is 4.92. The van der Waals surface area contributed by atoms with Gasteiger partial charge in [0.05, 0.1) is 4.88 Å². The van der Waals surface area contributed by atoms with Crippen molar-refractivity contribution in [3.8, 4) is 0 Å².